The van der Waals surface area contributed by atoms with Crippen LogP contribution in [0.5, 0.6) is 0 Å². The molecule has 0 spiro atoms. The van der Waals surface area contributed by atoms with E-state index in [-0.39, 0.29) is 13.2 Å². The number of rotatable bonds is 4. The Balaban J connectivity index is 2.24. The standard InChI is InChI=1S/C16H16O2/c17-11-14-5-3-4-13(10-14)8-9-15-6-1-2-7-16(15)12-18/h1-10,17-18H,11-12H2/b9-8+. The molecule has 2 nitrogen and oxygen atoms in total. The molecule has 18 heavy (non-hydrogen) atoms. The lowest BCUT2D eigenvalue weighted by molar-refractivity contribution is 0.281. The van der Waals surface area contributed by atoms with Crippen LogP contribution in [0.2, 0.25) is 0 Å². The molecule has 2 N–H and O–H groups in total. The van der Waals surface area contributed by atoms with E-state index in [1.54, 1.807) is 0 Å². The van der Waals surface area contributed by atoms with Crippen LogP contribution in [0.25, 0.3) is 12.2 Å². The summed E-state index contributed by atoms with van der Waals surface area (Å²) in [5, 5.41) is 18.3. The van der Waals surface area contributed by atoms with Gasteiger partial charge in [-0.2, -0.15) is 0 Å². The second-order valence-electron chi connectivity index (χ2n) is 4.09. The van der Waals surface area contributed by atoms with Crippen molar-refractivity contribution >= 4 is 12.2 Å². The van der Waals surface area contributed by atoms with E-state index in [4.69, 9.17) is 5.11 Å². The molecule has 2 heteroatoms. The first-order valence-corrected chi connectivity index (χ1v) is 5.90. The molecule has 0 aliphatic rings. The third kappa shape index (κ3) is 3.06. The van der Waals surface area contributed by atoms with Crippen molar-refractivity contribution in [3.63, 3.8) is 0 Å². The van der Waals surface area contributed by atoms with Gasteiger partial charge in [0.2, 0.25) is 0 Å². The molecule has 0 amide bonds. The fourth-order valence-electron chi connectivity index (χ4n) is 1.82. The summed E-state index contributed by atoms with van der Waals surface area (Å²) in [4.78, 5) is 0. The van der Waals surface area contributed by atoms with E-state index < -0.39 is 0 Å². The predicted octanol–water partition coefficient (Wildman–Crippen LogP) is 2.84. The molecule has 0 unspecified atom stereocenters. The molecule has 0 aliphatic heterocycles. The first kappa shape index (κ1) is 12.6. The summed E-state index contributed by atoms with van der Waals surface area (Å²) < 4.78 is 0. The highest BCUT2D eigenvalue weighted by Crippen LogP contribution is 2.14. The summed E-state index contributed by atoms with van der Waals surface area (Å²) in [6.07, 6.45) is 3.95. The van der Waals surface area contributed by atoms with Crippen LogP contribution < -0.4 is 0 Å². The van der Waals surface area contributed by atoms with E-state index in [1.807, 2.05) is 60.7 Å². The highest BCUT2D eigenvalue weighted by atomic mass is 16.3. The molecule has 0 bridgehead atoms. The molecule has 0 fully saturated rings. The Kier molecular flexibility index (Phi) is 4.29. The molecule has 2 aromatic carbocycles. The van der Waals surface area contributed by atoms with Crippen LogP contribution >= 0.6 is 0 Å². The smallest absolute Gasteiger partial charge is 0.0687 e. The second kappa shape index (κ2) is 6.15. The maximum Gasteiger partial charge on any atom is 0.0687 e. The van der Waals surface area contributed by atoms with Gasteiger partial charge in [-0.25, -0.2) is 0 Å². The molecule has 0 radical (unpaired) electrons. The quantitative estimate of drug-likeness (QED) is 0.807. The van der Waals surface area contributed by atoms with Gasteiger partial charge < -0.3 is 10.2 Å². The number of aliphatic hydroxyl groups excluding tert-OH is 2. The SMILES string of the molecule is OCc1cccc(/C=C/c2ccccc2CO)c1. The van der Waals surface area contributed by atoms with E-state index >= 15 is 0 Å². The summed E-state index contributed by atoms with van der Waals surface area (Å²) in [6.45, 7) is 0.0894. The Labute approximate surface area is 107 Å². The van der Waals surface area contributed by atoms with Crippen LogP contribution in [0.1, 0.15) is 22.3 Å². The molecule has 0 saturated heterocycles. The van der Waals surface area contributed by atoms with Crippen LogP contribution in [0, 0.1) is 0 Å². The first-order valence-electron chi connectivity index (χ1n) is 5.90. The van der Waals surface area contributed by atoms with Crippen molar-refractivity contribution in [1.82, 2.24) is 0 Å². The summed E-state index contributed by atoms with van der Waals surface area (Å²) in [7, 11) is 0. The average Bonchev–Trinajstić information content (AvgIpc) is 2.45. The van der Waals surface area contributed by atoms with E-state index in [9.17, 15) is 5.11 Å². The Hall–Kier alpha value is -1.90. The molecule has 0 heterocycles. The minimum atomic E-state index is 0.0389. The van der Waals surface area contributed by atoms with Crippen molar-refractivity contribution in [2.45, 2.75) is 13.2 Å². The fraction of sp³-hybridized carbons (Fsp3) is 0.125. The summed E-state index contributed by atoms with van der Waals surface area (Å²) >= 11 is 0. The van der Waals surface area contributed by atoms with Gasteiger partial charge in [-0.15, -0.1) is 0 Å². The van der Waals surface area contributed by atoms with Gasteiger partial charge in [-0.3, -0.25) is 0 Å². The van der Waals surface area contributed by atoms with Crippen molar-refractivity contribution < 1.29 is 10.2 Å². The molecular formula is C16H16O2. The predicted molar refractivity (Wildman–Crippen MR) is 73.7 cm³/mol. The zero-order chi connectivity index (χ0) is 12.8. The minimum Gasteiger partial charge on any atom is -0.392 e. The van der Waals surface area contributed by atoms with Crippen molar-refractivity contribution in [2.24, 2.45) is 0 Å². The monoisotopic (exact) mass is 240 g/mol. The third-order valence-electron chi connectivity index (χ3n) is 2.81. The zero-order valence-electron chi connectivity index (χ0n) is 10.1. The molecule has 0 aliphatic carbocycles. The van der Waals surface area contributed by atoms with Gasteiger partial charge in [0.25, 0.3) is 0 Å². The van der Waals surface area contributed by atoms with Crippen LogP contribution in [-0.4, -0.2) is 10.2 Å². The topological polar surface area (TPSA) is 40.5 Å². The Morgan fingerprint density at radius 3 is 2.44 bits per heavy atom. The molecule has 0 saturated carbocycles. The largest absolute Gasteiger partial charge is 0.392 e. The summed E-state index contributed by atoms with van der Waals surface area (Å²) in [6, 6.07) is 15.5. The Morgan fingerprint density at radius 2 is 1.67 bits per heavy atom. The van der Waals surface area contributed by atoms with Gasteiger partial charge in [0.1, 0.15) is 0 Å². The normalized spacial score (nSPS) is 11.0. The van der Waals surface area contributed by atoms with E-state index in [1.165, 1.54) is 0 Å². The van der Waals surface area contributed by atoms with Crippen molar-refractivity contribution in [3.8, 4) is 0 Å². The number of benzene rings is 2. The minimum absolute atomic E-state index is 0.0389. The number of hydrogen-bond donors (Lipinski definition) is 2. The number of aliphatic hydroxyl groups is 2. The maximum atomic E-state index is 9.23. The van der Waals surface area contributed by atoms with Crippen LogP contribution in [0.15, 0.2) is 48.5 Å². The van der Waals surface area contributed by atoms with Crippen LogP contribution in [0.4, 0.5) is 0 Å². The van der Waals surface area contributed by atoms with Crippen LogP contribution in [-0.2, 0) is 13.2 Å². The summed E-state index contributed by atoms with van der Waals surface area (Å²) in [5.41, 5.74) is 3.85. The molecular weight excluding hydrogens is 224 g/mol. The highest BCUT2D eigenvalue weighted by Gasteiger charge is 1.96. The van der Waals surface area contributed by atoms with Gasteiger partial charge in [0, 0.05) is 0 Å². The lowest BCUT2D eigenvalue weighted by Gasteiger charge is -2.02. The zero-order valence-corrected chi connectivity index (χ0v) is 10.1. The second-order valence-corrected chi connectivity index (χ2v) is 4.09. The third-order valence-corrected chi connectivity index (χ3v) is 2.81. The van der Waals surface area contributed by atoms with E-state index in [0.29, 0.717) is 0 Å². The van der Waals surface area contributed by atoms with Gasteiger partial charge in [-0.1, -0.05) is 54.6 Å². The van der Waals surface area contributed by atoms with Crippen LogP contribution in [0.3, 0.4) is 0 Å². The van der Waals surface area contributed by atoms with E-state index in [2.05, 4.69) is 0 Å². The van der Waals surface area contributed by atoms with Gasteiger partial charge >= 0.3 is 0 Å². The molecule has 0 aromatic heterocycles. The molecule has 2 aromatic rings. The van der Waals surface area contributed by atoms with Crippen molar-refractivity contribution in [1.29, 1.82) is 0 Å². The molecule has 0 atom stereocenters. The lowest BCUT2D eigenvalue weighted by Crippen LogP contribution is -1.87. The van der Waals surface area contributed by atoms with E-state index in [0.717, 1.165) is 22.3 Å². The first-order chi connectivity index (χ1) is 8.83. The molecule has 92 valence electrons. The highest BCUT2D eigenvalue weighted by molar-refractivity contribution is 5.71. The van der Waals surface area contributed by atoms with Crippen molar-refractivity contribution in [2.75, 3.05) is 0 Å². The molecule has 2 rings (SSSR count). The van der Waals surface area contributed by atoms with Crippen molar-refractivity contribution in [3.05, 3.63) is 70.8 Å². The Morgan fingerprint density at radius 1 is 0.833 bits per heavy atom. The maximum absolute atomic E-state index is 9.23. The summed E-state index contributed by atoms with van der Waals surface area (Å²) in [5.74, 6) is 0. The average molecular weight is 240 g/mol. The van der Waals surface area contributed by atoms with Gasteiger partial charge in [-0.05, 0) is 28.3 Å². The van der Waals surface area contributed by atoms with Gasteiger partial charge in [0.15, 0.2) is 0 Å². The lowest BCUT2D eigenvalue weighted by atomic mass is 10.1. The fourth-order valence-corrected chi connectivity index (χ4v) is 1.82. The van der Waals surface area contributed by atoms with Gasteiger partial charge in [0.05, 0.1) is 13.2 Å². The number of hydrogen-bond acceptors (Lipinski definition) is 2. The Bertz CT molecular complexity index is 544.